The summed E-state index contributed by atoms with van der Waals surface area (Å²) in [6.45, 7) is 0.231. The van der Waals surface area contributed by atoms with E-state index in [9.17, 15) is 14.9 Å². The summed E-state index contributed by atoms with van der Waals surface area (Å²) in [5.74, 6) is -0.533. The number of nitro benzene ring substituents is 1. The van der Waals surface area contributed by atoms with Crippen molar-refractivity contribution in [2.24, 2.45) is 7.05 Å². The van der Waals surface area contributed by atoms with Gasteiger partial charge in [0, 0.05) is 24.3 Å². The first kappa shape index (κ1) is 14.0. The van der Waals surface area contributed by atoms with Crippen LogP contribution in [0.15, 0.2) is 30.5 Å². The van der Waals surface area contributed by atoms with Crippen molar-refractivity contribution in [3.63, 3.8) is 0 Å². The van der Waals surface area contributed by atoms with Crippen LogP contribution >= 0.6 is 11.6 Å². The van der Waals surface area contributed by atoms with Crippen LogP contribution in [0.5, 0.6) is 0 Å². The molecular weight excluding hydrogens is 284 g/mol. The van der Waals surface area contributed by atoms with Gasteiger partial charge in [-0.3, -0.25) is 19.6 Å². The zero-order valence-electron chi connectivity index (χ0n) is 10.5. The fourth-order valence-corrected chi connectivity index (χ4v) is 1.85. The molecule has 1 aromatic carbocycles. The molecule has 0 fully saturated rings. The third kappa shape index (κ3) is 2.94. The average Bonchev–Trinajstić information content (AvgIpc) is 2.81. The highest BCUT2D eigenvalue weighted by Crippen LogP contribution is 2.23. The van der Waals surface area contributed by atoms with Crippen LogP contribution in [0.1, 0.15) is 16.1 Å². The fourth-order valence-electron chi connectivity index (χ4n) is 1.69. The van der Waals surface area contributed by atoms with Crippen LogP contribution in [-0.4, -0.2) is 20.6 Å². The molecule has 0 unspecified atom stereocenters. The number of aromatic nitrogens is 2. The van der Waals surface area contributed by atoms with Crippen molar-refractivity contribution in [3.05, 3.63) is 56.9 Å². The lowest BCUT2D eigenvalue weighted by molar-refractivity contribution is -0.385. The van der Waals surface area contributed by atoms with Gasteiger partial charge in [0.15, 0.2) is 0 Å². The Hall–Kier alpha value is -2.41. The number of benzene rings is 1. The first-order chi connectivity index (χ1) is 9.49. The van der Waals surface area contributed by atoms with E-state index in [1.165, 1.54) is 12.1 Å². The first-order valence-electron chi connectivity index (χ1n) is 5.68. The molecule has 0 atom stereocenters. The van der Waals surface area contributed by atoms with Crippen LogP contribution in [0.25, 0.3) is 0 Å². The zero-order chi connectivity index (χ0) is 14.7. The van der Waals surface area contributed by atoms with Gasteiger partial charge in [0.05, 0.1) is 17.2 Å². The molecule has 0 bridgehead atoms. The topological polar surface area (TPSA) is 90.1 Å². The van der Waals surface area contributed by atoms with Crippen LogP contribution in [0.3, 0.4) is 0 Å². The summed E-state index contributed by atoms with van der Waals surface area (Å²) in [5.41, 5.74) is 0.441. The highest BCUT2D eigenvalue weighted by atomic mass is 35.5. The zero-order valence-corrected chi connectivity index (χ0v) is 11.3. The van der Waals surface area contributed by atoms with Crippen LogP contribution in [0.4, 0.5) is 5.69 Å². The number of nitrogens with zero attached hydrogens (tertiary/aromatic N) is 3. The monoisotopic (exact) mass is 294 g/mol. The summed E-state index contributed by atoms with van der Waals surface area (Å²) in [4.78, 5) is 22.3. The van der Waals surface area contributed by atoms with Crippen molar-refractivity contribution in [2.75, 3.05) is 0 Å². The molecule has 8 heteroatoms. The van der Waals surface area contributed by atoms with E-state index in [4.69, 9.17) is 11.6 Å². The molecule has 0 aliphatic rings. The number of hydrogen-bond donors (Lipinski definition) is 1. The molecule has 1 N–H and O–H groups in total. The third-order valence-corrected chi connectivity index (χ3v) is 2.99. The van der Waals surface area contributed by atoms with Crippen molar-refractivity contribution >= 4 is 23.2 Å². The number of aryl methyl sites for hydroxylation is 1. The smallest absolute Gasteiger partial charge is 0.283 e. The van der Waals surface area contributed by atoms with Crippen LogP contribution in [0, 0.1) is 10.1 Å². The number of nitro groups is 1. The van der Waals surface area contributed by atoms with Gasteiger partial charge in [-0.1, -0.05) is 11.6 Å². The van der Waals surface area contributed by atoms with Gasteiger partial charge < -0.3 is 5.32 Å². The maximum atomic E-state index is 12.0. The number of carbonyl (C=O) groups excluding carboxylic acids is 1. The van der Waals surface area contributed by atoms with E-state index in [0.717, 1.165) is 11.8 Å². The summed E-state index contributed by atoms with van der Waals surface area (Å²) in [6.07, 6.45) is 1.60. The van der Waals surface area contributed by atoms with E-state index < -0.39 is 10.8 Å². The Morgan fingerprint density at radius 2 is 2.25 bits per heavy atom. The van der Waals surface area contributed by atoms with Crippen molar-refractivity contribution in [3.8, 4) is 0 Å². The number of rotatable bonds is 4. The van der Waals surface area contributed by atoms with Crippen LogP contribution in [-0.2, 0) is 13.6 Å². The van der Waals surface area contributed by atoms with E-state index in [0.29, 0.717) is 0 Å². The molecule has 1 amide bonds. The van der Waals surface area contributed by atoms with Gasteiger partial charge >= 0.3 is 0 Å². The maximum absolute atomic E-state index is 12.0. The molecule has 0 spiro atoms. The highest BCUT2D eigenvalue weighted by molar-refractivity contribution is 6.31. The van der Waals surface area contributed by atoms with Gasteiger partial charge in [-0.15, -0.1) is 0 Å². The molecule has 0 aliphatic carbocycles. The van der Waals surface area contributed by atoms with Crippen molar-refractivity contribution < 1.29 is 9.72 Å². The van der Waals surface area contributed by atoms with E-state index in [-0.39, 0.29) is 22.8 Å². The van der Waals surface area contributed by atoms with Gasteiger partial charge in [0.2, 0.25) is 0 Å². The minimum Gasteiger partial charge on any atom is -0.346 e. The standard InChI is InChI=1S/C12H11ClN4O3/c1-16-9(4-5-15-16)7-14-12(18)10-3-2-8(13)6-11(10)17(19)20/h2-6H,7H2,1H3,(H,14,18). The molecule has 0 radical (unpaired) electrons. The van der Waals surface area contributed by atoms with Gasteiger partial charge in [0.1, 0.15) is 5.56 Å². The quantitative estimate of drug-likeness (QED) is 0.689. The van der Waals surface area contributed by atoms with E-state index >= 15 is 0 Å². The lowest BCUT2D eigenvalue weighted by atomic mass is 10.1. The average molecular weight is 295 g/mol. The Kier molecular flexibility index (Phi) is 3.99. The highest BCUT2D eigenvalue weighted by Gasteiger charge is 2.20. The summed E-state index contributed by atoms with van der Waals surface area (Å²) < 4.78 is 1.61. The molecule has 20 heavy (non-hydrogen) atoms. The minimum absolute atomic E-state index is 0.0263. The van der Waals surface area contributed by atoms with Gasteiger partial charge in [-0.2, -0.15) is 5.10 Å². The molecule has 0 saturated heterocycles. The second kappa shape index (κ2) is 5.70. The second-order valence-electron chi connectivity index (χ2n) is 4.05. The Morgan fingerprint density at radius 3 is 2.85 bits per heavy atom. The number of amides is 1. The minimum atomic E-state index is -0.634. The molecule has 7 nitrogen and oxygen atoms in total. The van der Waals surface area contributed by atoms with E-state index in [2.05, 4.69) is 10.4 Å². The molecular formula is C12H11ClN4O3. The van der Waals surface area contributed by atoms with Crippen molar-refractivity contribution in [2.45, 2.75) is 6.54 Å². The number of hydrogen-bond acceptors (Lipinski definition) is 4. The summed E-state index contributed by atoms with van der Waals surface area (Å²) in [6, 6.07) is 5.67. The van der Waals surface area contributed by atoms with Crippen LogP contribution < -0.4 is 5.32 Å². The Labute approximate surface area is 119 Å². The van der Waals surface area contributed by atoms with Gasteiger partial charge in [0.25, 0.3) is 11.6 Å². The first-order valence-corrected chi connectivity index (χ1v) is 6.06. The van der Waals surface area contributed by atoms with E-state index in [1.807, 2.05) is 0 Å². The van der Waals surface area contributed by atoms with Gasteiger partial charge in [-0.05, 0) is 18.2 Å². The summed E-state index contributed by atoms with van der Waals surface area (Å²) in [5, 5.41) is 17.7. The Balaban J connectivity index is 2.17. The fraction of sp³-hybridized carbons (Fsp3) is 0.167. The molecule has 0 saturated carbocycles. The molecule has 1 heterocycles. The molecule has 0 aliphatic heterocycles. The summed E-state index contributed by atoms with van der Waals surface area (Å²) >= 11 is 5.70. The maximum Gasteiger partial charge on any atom is 0.283 e. The lowest BCUT2D eigenvalue weighted by Gasteiger charge is -2.06. The third-order valence-electron chi connectivity index (χ3n) is 2.75. The van der Waals surface area contributed by atoms with Crippen molar-refractivity contribution in [1.82, 2.24) is 15.1 Å². The SMILES string of the molecule is Cn1nccc1CNC(=O)c1ccc(Cl)cc1[N+](=O)[O-]. The lowest BCUT2D eigenvalue weighted by Crippen LogP contribution is -2.24. The van der Waals surface area contributed by atoms with Crippen LogP contribution in [0.2, 0.25) is 5.02 Å². The molecule has 1 aromatic heterocycles. The largest absolute Gasteiger partial charge is 0.346 e. The molecule has 2 rings (SSSR count). The molecule has 2 aromatic rings. The predicted octanol–water partition coefficient (Wildman–Crippen LogP) is 1.91. The molecule has 104 valence electrons. The Morgan fingerprint density at radius 1 is 1.50 bits per heavy atom. The number of halogens is 1. The predicted molar refractivity (Wildman–Crippen MR) is 72.5 cm³/mol. The van der Waals surface area contributed by atoms with Gasteiger partial charge in [-0.25, -0.2) is 0 Å². The second-order valence-corrected chi connectivity index (χ2v) is 4.48. The van der Waals surface area contributed by atoms with E-state index in [1.54, 1.807) is 24.0 Å². The Bertz CT molecular complexity index is 668. The normalized spacial score (nSPS) is 10.3. The summed E-state index contributed by atoms with van der Waals surface area (Å²) in [7, 11) is 1.74. The van der Waals surface area contributed by atoms with Crippen molar-refractivity contribution in [1.29, 1.82) is 0 Å². The number of carbonyl (C=O) groups is 1. The number of nitrogens with one attached hydrogen (secondary N) is 1.